The van der Waals surface area contributed by atoms with Crippen molar-refractivity contribution in [1.82, 2.24) is 4.57 Å². The van der Waals surface area contributed by atoms with E-state index in [1.165, 1.54) is 99.9 Å². The van der Waals surface area contributed by atoms with Crippen molar-refractivity contribution < 1.29 is 0 Å². The van der Waals surface area contributed by atoms with Crippen LogP contribution in [-0.2, 0) is 6.42 Å². The number of allylic oxidation sites excluding steroid dienone is 27. The molecule has 342 valence electrons. The van der Waals surface area contributed by atoms with Gasteiger partial charge in [0.15, 0.2) is 0 Å². The van der Waals surface area contributed by atoms with E-state index in [1.807, 2.05) is 6.08 Å². The highest BCUT2D eigenvalue weighted by Crippen LogP contribution is 2.45. The molecule has 8 rings (SSSR count). The van der Waals surface area contributed by atoms with E-state index in [9.17, 15) is 0 Å². The lowest BCUT2D eigenvalue weighted by Crippen LogP contribution is -2.12. The molecule has 0 aliphatic heterocycles. The van der Waals surface area contributed by atoms with Gasteiger partial charge in [-0.25, -0.2) is 0 Å². The molecule has 3 aliphatic carbocycles. The summed E-state index contributed by atoms with van der Waals surface area (Å²) in [6, 6.07) is 33.9. The Bertz CT molecular complexity index is 3050. The lowest BCUT2D eigenvalue weighted by Gasteiger charge is -2.27. The minimum absolute atomic E-state index is 0.244. The molecule has 4 aromatic carbocycles. The van der Waals surface area contributed by atoms with Crippen LogP contribution in [0.1, 0.15) is 103 Å². The lowest BCUT2D eigenvalue weighted by molar-refractivity contribution is 0.756. The summed E-state index contributed by atoms with van der Waals surface area (Å²) in [7, 11) is 0. The van der Waals surface area contributed by atoms with Crippen molar-refractivity contribution in [2.75, 3.05) is 0 Å². The molecule has 0 bridgehead atoms. The van der Waals surface area contributed by atoms with Crippen molar-refractivity contribution in [2.24, 2.45) is 5.92 Å². The third-order valence-electron chi connectivity index (χ3n) is 13.6. The minimum Gasteiger partial charge on any atom is -0.312 e. The van der Waals surface area contributed by atoms with Gasteiger partial charge in [-0.15, -0.1) is 0 Å². The lowest BCUT2D eigenvalue weighted by atomic mass is 9.83. The van der Waals surface area contributed by atoms with E-state index in [0.717, 1.165) is 57.8 Å². The predicted octanol–water partition coefficient (Wildman–Crippen LogP) is 19.2. The zero-order chi connectivity index (χ0) is 47.2. The van der Waals surface area contributed by atoms with Crippen LogP contribution in [0.25, 0.3) is 49.8 Å². The molecule has 0 radical (unpaired) electrons. The molecule has 3 aliphatic rings. The molecule has 5 aromatic rings. The second-order valence-corrected chi connectivity index (χ2v) is 18.4. The van der Waals surface area contributed by atoms with Gasteiger partial charge in [0.1, 0.15) is 0 Å². The highest BCUT2D eigenvalue weighted by molar-refractivity contribution is 6.15. The third-order valence-corrected chi connectivity index (χ3v) is 13.6. The number of rotatable bonds is 17. The van der Waals surface area contributed by atoms with Crippen molar-refractivity contribution in [3.8, 4) is 11.1 Å². The van der Waals surface area contributed by atoms with Gasteiger partial charge in [0.2, 0.25) is 0 Å². The Morgan fingerprint density at radius 2 is 1.63 bits per heavy atom. The molecular weight excluding hydrogens is 819 g/mol. The maximum Gasteiger partial charge on any atom is 0.0613 e. The van der Waals surface area contributed by atoms with E-state index in [2.05, 4.69) is 240 Å². The van der Waals surface area contributed by atoms with Crippen LogP contribution >= 0.6 is 0 Å². The summed E-state index contributed by atoms with van der Waals surface area (Å²) in [5.41, 5.74) is 20.8. The van der Waals surface area contributed by atoms with Crippen molar-refractivity contribution in [2.45, 2.75) is 92.4 Å². The Labute approximate surface area is 407 Å². The van der Waals surface area contributed by atoms with Crippen LogP contribution in [0.15, 0.2) is 240 Å². The first-order valence-corrected chi connectivity index (χ1v) is 25.1. The number of fused-ring (bicyclic) bond motifs is 3. The molecule has 0 saturated heterocycles. The molecule has 68 heavy (non-hydrogen) atoms. The number of nitrogens with zero attached hydrogens (tertiary/aromatic N) is 1. The van der Waals surface area contributed by atoms with E-state index in [4.69, 9.17) is 0 Å². The average Bonchev–Trinajstić information content (AvgIpc) is 3.72. The van der Waals surface area contributed by atoms with Gasteiger partial charge in [0.05, 0.1) is 11.0 Å². The van der Waals surface area contributed by atoms with Crippen LogP contribution in [0.2, 0.25) is 0 Å². The van der Waals surface area contributed by atoms with E-state index in [0.29, 0.717) is 0 Å². The molecule has 0 fully saturated rings. The van der Waals surface area contributed by atoms with Crippen LogP contribution in [-0.4, -0.2) is 4.57 Å². The van der Waals surface area contributed by atoms with Gasteiger partial charge in [-0.1, -0.05) is 202 Å². The summed E-state index contributed by atoms with van der Waals surface area (Å²) < 4.78 is 2.66. The summed E-state index contributed by atoms with van der Waals surface area (Å²) in [6.07, 6.45) is 50.6. The molecule has 1 aromatic heterocycles. The SMILES string of the molecule is C=C/C=C\C(=C/C)C1=CC(C2=CCCC=C2)CC(n2c3cc(C(/C=C\C)=C/C/C(C)=C/C(=C\Cc4ccccc4)C(=C/C)/CCC)ccc3c3cc(-c4ccccc4)cc(C4=CC=CCC4)c32)=C1. The minimum atomic E-state index is 0.244. The van der Waals surface area contributed by atoms with E-state index in [1.54, 1.807) is 0 Å². The first-order valence-electron chi connectivity index (χ1n) is 25.1. The first kappa shape index (κ1) is 47.5. The van der Waals surface area contributed by atoms with Gasteiger partial charge in [0, 0.05) is 28.0 Å². The van der Waals surface area contributed by atoms with Crippen molar-refractivity contribution in [3.63, 3.8) is 0 Å². The molecule has 1 heteroatoms. The van der Waals surface area contributed by atoms with Crippen LogP contribution in [0.5, 0.6) is 0 Å². The molecule has 0 spiro atoms. The van der Waals surface area contributed by atoms with Gasteiger partial charge in [-0.3, -0.25) is 0 Å². The molecule has 1 nitrogen and oxygen atoms in total. The zero-order valence-corrected chi connectivity index (χ0v) is 41.1. The topological polar surface area (TPSA) is 4.93 Å². The fraction of sp³-hybridized carbons (Fsp3) is 0.224. The second-order valence-electron chi connectivity index (χ2n) is 18.4. The van der Waals surface area contributed by atoms with Crippen LogP contribution < -0.4 is 0 Å². The number of benzene rings is 4. The van der Waals surface area contributed by atoms with Gasteiger partial charge in [-0.2, -0.15) is 0 Å². The van der Waals surface area contributed by atoms with Gasteiger partial charge in [0.25, 0.3) is 0 Å². The maximum atomic E-state index is 4.01. The molecule has 1 unspecified atom stereocenters. The van der Waals surface area contributed by atoms with Crippen LogP contribution in [0.4, 0.5) is 0 Å². The van der Waals surface area contributed by atoms with Gasteiger partial charge in [-0.05, 0) is 165 Å². The Morgan fingerprint density at radius 1 is 0.809 bits per heavy atom. The molecular formula is C67H69N. The molecule has 1 atom stereocenters. The summed E-state index contributed by atoms with van der Waals surface area (Å²) >= 11 is 0. The van der Waals surface area contributed by atoms with Crippen molar-refractivity contribution in [3.05, 3.63) is 257 Å². The zero-order valence-electron chi connectivity index (χ0n) is 41.1. The molecule has 1 heterocycles. The average molecular weight is 888 g/mol. The summed E-state index contributed by atoms with van der Waals surface area (Å²) in [5, 5.41) is 2.57. The fourth-order valence-corrected chi connectivity index (χ4v) is 10.2. The summed E-state index contributed by atoms with van der Waals surface area (Å²) in [5.74, 6) is 0.244. The highest BCUT2D eigenvalue weighted by Gasteiger charge is 2.26. The number of aromatic nitrogens is 1. The number of hydrogen-bond donors (Lipinski definition) is 0. The largest absolute Gasteiger partial charge is 0.312 e. The van der Waals surface area contributed by atoms with E-state index >= 15 is 0 Å². The predicted molar refractivity (Wildman–Crippen MR) is 299 cm³/mol. The Balaban J connectivity index is 1.33. The van der Waals surface area contributed by atoms with Crippen LogP contribution in [0, 0.1) is 5.92 Å². The third kappa shape index (κ3) is 11.1. The Hall–Kier alpha value is -6.96. The number of hydrogen-bond acceptors (Lipinski definition) is 0. The van der Waals surface area contributed by atoms with Crippen molar-refractivity contribution in [1.29, 1.82) is 0 Å². The standard InChI is InChI=1S/C67H69N/c1-7-12-29-52(11-5)59-43-60(54-30-19-14-20-31-54)45-62(44-59)68-66-48-58(53(26-9-3)38-36-49(6)42-57(51(10-4)25-8-2)39-37-50-27-17-13-18-28-50)40-41-63(66)65-47-61(55-32-21-15-22-33-55)46-64(67(65)68)56-34-23-16-24-35-56/h7,9-13,15-19,21-23,26-34,38-44,46-48,60H,1,8,14,20,24-25,35-37,45H2,2-6H3/b26-9-,29-12-,49-42+,51-10+,52-11+,53-38+,57-39+. The first-order chi connectivity index (χ1) is 33.4. The molecule has 0 amide bonds. The highest BCUT2D eigenvalue weighted by atomic mass is 15.0. The molecule has 0 N–H and O–H groups in total. The maximum absolute atomic E-state index is 4.01. The summed E-state index contributed by atoms with van der Waals surface area (Å²) in [4.78, 5) is 0. The monoisotopic (exact) mass is 888 g/mol. The van der Waals surface area contributed by atoms with Gasteiger partial charge < -0.3 is 4.57 Å². The van der Waals surface area contributed by atoms with E-state index in [-0.39, 0.29) is 5.92 Å². The normalized spacial score (nSPS) is 17.6. The smallest absolute Gasteiger partial charge is 0.0613 e. The Morgan fingerprint density at radius 3 is 2.34 bits per heavy atom. The summed E-state index contributed by atoms with van der Waals surface area (Å²) in [6.45, 7) is 15.1. The van der Waals surface area contributed by atoms with Gasteiger partial charge >= 0.3 is 0 Å². The van der Waals surface area contributed by atoms with Crippen LogP contribution in [0.3, 0.4) is 0 Å². The van der Waals surface area contributed by atoms with Crippen molar-refractivity contribution >= 4 is 38.6 Å². The fourth-order valence-electron chi connectivity index (χ4n) is 10.2. The Kier molecular flexibility index (Phi) is 16.2. The molecule has 0 saturated carbocycles. The second kappa shape index (κ2) is 23.2. The quantitative estimate of drug-likeness (QED) is 0.0820. The van der Waals surface area contributed by atoms with E-state index < -0.39 is 0 Å².